The topological polar surface area (TPSA) is 104 Å². The molecule has 0 saturated carbocycles. The number of primary amides is 1. The largest absolute Gasteiger partial charge is 0.493 e. The number of ether oxygens (including phenoxy) is 2. The van der Waals surface area contributed by atoms with Crippen molar-refractivity contribution in [2.45, 2.75) is 19.9 Å². The quantitative estimate of drug-likeness (QED) is 0.783. The number of nitrogens with one attached hydrogen (secondary N) is 1. The Morgan fingerprint density at radius 3 is 2.64 bits per heavy atom. The highest BCUT2D eigenvalue weighted by atomic mass is 35.5. The van der Waals surface area contributed by atoms with E-state index in [2.05, 4.69) is 5.32 Å². The standard InChI is InChI=1S/C17H19ClN2O5/c1-9-4-5-13(25-9)10(2)20-17(22)11-6-12(18)16(14(7-11)23-3)24-8-15(19)21/h4-7,10H,8H2,1-3H3,(H2,19,21)(H,20,22). The van der Waals surface area contributed by atoms with Crippen LogP contribution in [0.15, 0.2) is 28.7 Å². The molecule has 0 radical (unpaired) electrons. The molecule has 1 aromatic carbocycles. The van der Waals surface area contributed by atoms with Gasteiger partial charge in [-0.25, -0.2) is 0 Å². The minimum atomic E-state index is -0.650. The predicted octanol–water partition coefficient (Wildman–Crippen LogP) is 2.61. The first-order chi connectivity index (χ1) is 11.8. The van der Waals surface area contributed by atoms with Gasteiger partial charge in [0.2, 0.25) is 0 Å². The summed E-state index contributed by atoms with van der Waals surface area (Å²) in [6.07, 6.45) is 0. The molecule has 0 saturated heterocycles. The minimum absolute atomic E-state index is 0.132. The van der Waals surface area contributed by atoms with Crippen molar-refractivity contribution in [2.24, 2.45) is 5.73 Å². The Bertz CT molecular complexity index is 787. The molecule has 0 aliphatic rings. The Hall–Kier alpha value is -2.67. The third-order valence-corrected chi connectivity index (χ3v) is 3.67. The molecular formula is C17H19ClN2O5. The van der Waals surface area contributed by atoms with Crippen LogP contribution in [0.25, 0.3) is 0 Å². The first-order valence-electron chi connectivity index (χ1n) is 7.47. The number of hydrogen-bond donors (Lipinski definition) is 2. The lowest BCUT2D eigenvalue weighted by Gasteiger charge is -2.15. The van der Waals surface area contributed by atoms with Crippen molar-refractivity contribution in [1.29, 1.82) is 0 Å². The van der Waals surface area contributed by atoms with Crippen molar-refractivity contribution in [3.8, 4) is 11.5 Å². The Labute approximate surface area is 150 Å². The molecule has 0 bridgehead atoms. The number of aryl methyl sites for hydroxylation is 1. The second kappa shape index (κ2) is 7.94. The Kier molecular flexibility index (Phi) is 5.93. The maximum atomic E-state index is 12.5. The van der Waals surface area contributed by atoms with Gasteiger partial charge in [-0.05, 0) is 38.1 Å². The maximum absolute atomic E-state index is 12.5. The summed E-state index contributed by atoms with van der Waals surface area (Å²) in [5, 5.41) is 2.94. The molecule has 3 N–H and O–H groups in total. The molecule has 7 nitrogen and oxygen atoms in total. The summed E-state index contributed by atoms with van der Waals surface area (Å²) in [6, 6.07) is 6.20. The molecular weight excluding hydrogens is 348 g/mol. The summed E-state index contributed by atoms with van der Waals surface area (Å²) in [5.41, 5.74) is 5.33. The van der Waals surface area contributed by atoms with Gasteiger partial charge in [0.25, 0.3) is 11.8 Å². The Balaban J connectivity index is 2.19. The minimum Gasteiger partial charge on any atom is -0.493 e. The van der Waals surface area contributed by atoms with Gasteiger partial charge < -0.3 is 24.9 Å². The van der Waals surface area contributed by atoms with Crippen LogP contribution in [0.4, 0.5) is 0 Å². The molecule has 0 spiro atoms. The molecule has 0 aliphatic heterocycles. The lowest BCUT2D eigenvalue weighted by Crippen LogP contribution is -2.26. The molecule has 0 aliphatic carbocycles. The van der Waals surface area contributed by atoms with Gasteiger partial charge in [-0.15, -0.1) is 0 Å². The van der Waals surface area contributed by atoms with E-state index in [1.807, 2.05) is 13.0 Å². The van der Waals surface area contributed by atoms with Gasteiger partial charge in [-0.1, -0.05) is 11.6 Å². The van der Waals surface area contributed by atoms with Crippen LogP contribution in [-0.2, 0) is 4.79 Å². The van der Waals surface area contributed by atoms with Crippen LogP contribution >= 0.6 is 11.6 Å². The Morgan fingerprint density at radius 2 is 2.08 bits per heavy atom. The first-order valence-corrected chi connectivity index (χ1v) is 7.85. The third-order valence-electron chi connectivity index (χ3n) is 3.39. The monoisotopic (exact) mass is 366 g/mol. The van der Waals surface area contributed by atoms with Gasteiger partial charge in [-0.3, -0.25) is 9.59 Å². The Morgan fingerprint density at radius 1 is 1.36 bits per heavy atom. The summed E-state index contributed by atoms with van der Waals surface area (Å²) in [5.74, 6) is 0.766. The molecule has 1 atom stereocenters. The highest BCUT2D eigenvalue weighted by molar-refractivity contribution is 6.32. The van der Waals surface area contributed by atoms with E-state index in [1.54, 1.807) is 13.0 Å². The van der Waals surface area contributed by atoms with Crippen LogP contribution in [0.1, 0.15) is 34.8 Å². The van der Waals surface area contributed by atoms with Gasteiger partial charge >= 0.3 is 0 Å². The van der Waals surface area contributed by atoms with Crippen LogP contribution < -0.4 is 20.5 Å². The van der Waals surface area contributed by atoms with E-state index in [-0.39, 0.29) is 40.6 Å². The van der Waals surface area contributed by atoms with E-state index < -0.39 is 5.91 Å². The predicted molar refractivity (Wildman–Crippen MR) is 92.0 cm³/mol. The highest BCUT2D eigenvalue weighted by Crippen LogP contribution is 2.36. The van der Waals surface area contributed by atoms with Crippen molar-refractivity contribution in [3.05, 3.63) is 46.4 Å². The maximum Gasteiger partial charge on any atom is 0.255 e. The van der Waals surface area contributed by atoms with E-state index in [0.717, 1.165) is 5.76 Å². The van der Waals surface area contributed by atoms with Crippen LogP contribution in [-0.4, -0.2) is 25.5 Å². The van der Waals surface area contributed by atoms with Gasteiger partial charge in [0, 0.05) is 5.56 Å². The van der Waals surface area contributed by atoms with E-state index in [4.69, 9.17) is 31.2 Å². The summed E-state index contributed by atoms with van der Waals surface area (Å²) in [6.45, 7) is 3.28. The van der Waals surface area contributed by atoms with Crippen molar-refractivity contribution in [3.63, 3.8) is 0 Å². The van der Waals surface area contributed by atoms with Crippen LogP contribution in [0.2, 0.25) is 5.02 Å². The SMILES string of the molecule is COc1cc(C(=O)NC(C)c2ccc(C)o2)cc(Cl)c1OCC(N)=O. The van der Waals surface area contributed by atoms with Gasteiger partial charge in [0.1, 0.15) is 11.5 Å². The molecule has 25 heavy (non-hydrogen) atoms. The summed E-state index contributed by atoms with van der Waals surface area (Å²) < 4.78 is 15.9. The molecule has 1 unspecified atom stereocenters. The van der Waals surface area contributed by atoms with E-state index in [9.17, 15) is 9.59 Å². The number of carbonyl (C=O) groups excluding carboxylic acids is 2. The number of amides is 2. The van der Waals surface area contributed by atoms with Gasteiger partial charge in [-0.2, -0.15) is 0 Å². The number of furan rings is 1. The molecule has 2 amide bonds. The lowest BCUT2D eigenvalue weighted by atomic mass is 10.1. The van der Waals surface area contributed by atoms with Crippen molar-refractivity contribution < 1.29 is 23.5 Å². The molecule has 1 aromatic heterocycles. The van der Waals surface area contributed by atoms with E-state index >= 15 is 0 Å². The first kappa shape index (κ1) is 18.7. The van der Waals surface area contributed by atoms with E-state index in [1.165, 1.54) is 19.2 Å². The number of benzene rings is 1. The summed E-state index contributed by atoms with van der Waals surface area (Å²) in [7, 11) is 1.40. The average Bonchev–Trinajstić information content (AvgIpc) is 2.99. The second-order valence-electron chi connectivity index (χ2n) is 5.39. The summed E-state index contributed by atoms with van der Waals surface area (Å²) >= 11 is 6.14. The molecule has 0 fully saturated rings. The number of methoxy groups -OCH3 is 1. The van der Waals surface area contributed by atoms with Crippen LogP contribution in [0.3, 0.4) is 0 Å². The second-order valence-corrected chi connectivity index (χ2v) is 5.80. The number of nitrogens with two attached hydrogens (primary N) is 1. The molecule has 2 rings (SSSR count). The molecule has 134 valence electrons. The number of halogens is 1. The van der Waals surface area contributed by atoms with E-state index in [0.29, 0.717) is 5.76 Å². The third kappa shape index (κ3) is 4.67. The number of rotatable bonds is 7. The van der Waals surface area contributed by atoms with Gasteiger partial charge in [0.05, 0.1) is 18.2 Å². The zero-order valence-electron chi connectivity index (χ0n) is 14.1. The zero-order chi connectivity index (χ0) is 18.6. The zero-order valence-corrected chi connectivity index (χ0v) is 14.8. The van der Waals surface area contributed by atoms with Gasteiger partial charge in [0.15, 0.2) is 18.1 Å². The number of hydrogen-bond acceptors (Lipinski definition) is 5. The molecule has 2 aromatic rings. The average molecular weight is 367 g/mol. The van der Waals surface area contributed by atoms with Crippen LogP contribution in [0, 0.1) is 6.92 Å². The van der Waals surface area contributed by atoms with Crippen LogP contribution in [0.5, 0.6) is 11.5 Å². The smallest absolute Gasteiger partial charge is 0.255 e. The number of carbonyl (C=O) groups is 2. The fourth-order valence-electron chi connectivity index (χ4n) is 2.17. The highest BCUT2D eigenvalue weighted by Gasteiger charge is 2.19. The van der Waals surface area contributed by atoms with Crippen molar-refractivity contribution >= 4 is 23.4 Å². The van der Waals surface area contributed by atoms with Crippen molar-refractivity contribution in [2.75, 3.05) is 13.7 Å². The fraction of sp³-hybridized carbons (Fsp3) is 0.294. The lowest BCUT2D eigenvalue weighted by molar-refractivity contribution is -0.119. The van der Waals surface area contributed by atoms with Crippen molar-refractivity contribution in [1.82, 2.24) is 5.32 Å². The normalized spacial score (nSPS) is 11.7. The molecule has 8 heteroatoms. The fourth-order valence-corrected chi connectivity index (χ4v) is 2.44. The molecule has 1 heterocycles. The summed E-state index contributed by atoms with van der Waals surface area (Å²) in [4.78, 5) is 23.3.